The molecule has 2 heterocycles. The maximum absolute atomic E-state index is 14.1. The summed E-state index contributed by atoms with van der Waals surface area (Å²) in [6, 6.07) is 10.8. The Bertz CT molecular complexity index is 1090. The number of benzene rings is 2. The summed E-state index contributed by atoms with van der Waals surface area (Å²) in [5.41, 5.74) is -1.58. The molecule has 0 atom stereocenters. The Morgan fingerprint density at radius 3 is 2.16 bits per heavy atom. The first-order chi connectivity index (χ1) is 14.8. The maximum atomic E-state index is 14.1. The third-order valence-corrected chi connectivity index (χ3v) is 5.11. The number of carbonyl (C=O) groups is 1. The van der Waals surface area contributed by atoms with Crippen molar-refractivity contribution in [2.75, 3.05) is 31.1 Å². The monoisotopic (exact) mass is 436 g/mol. The fraction of sp³-hybridized carbons (Fsp3) is 0.238. The van der Waals surface area contributed by atoms with Crippen LogP contribution in [0.25, 0.3) is 5.69 Å². The van der Waals surface area contributed by atoms with Gasteiger partial charge in [0.25, 0.3) is 5.91 Å². The molecule has 0 saturated carbocycles. The average Bonchev–Trinajstić information content (AvgIpc) is 3.20. The van der Waals surface area contributed by atoms with Gasteiger partial charge in [-0.25, -0.2) is 13.5 Å². The third kappa shape index (κ3) is 4.10. The normalized spacial score (nSPS) is 14.7. The number of anilines is 1. The Morgan fingerprint density at radius 2 is 1.55 bits per heavy atom. The molecular formula is C21H17F5N4O. The molecule has 10 heteroatoms. The summed E-state index contributed by atoms with van der Waals surface area (Å²) >= 11 is 0. The molecule has 1 aliphatic rings. The van der Waals surface area contributed by atoms with Crippen LogP contribution in [0.1, 0.15) is 16.1 Å². The number of aromatic nitrogens is 2. The second kappa shape index (κ2) is 8.01. The van der Waals surface area contributed by atoms with Crippen LogP contribution < -0.4 is 4.90 Å². The summed E-state index contributed by atoms with van der Waals surface area (Å²) in [7, 11) is 0. The van der Waals surface area contributed by atoms with Crippen molar-refractivity contribution in [1.82, 2.24) is 14.7 Å². The highest BCUT2D eigenvalue weighted by Gasteiger charge is 2.42. The Morgan fingerprint density at radius 1 is 0.903 bits per heavy atom. The molecule has 1 aromatic heterocycles. The van der Waals surface area contributed by atoms with Crippen LogP contribution in [-0.4, -0.2) is 46.8 Å². The molecule has 1 aliphatic heterocycles. The van der Waals surface area contributed by atoms with Crippen LogP contribution in [-0.2, 0) is 6.18 Å². The summed E-state index contributed by atoms with van der Waals surface area (Å²) in [6.45, 7) is 1.11. The minimum atomic E-state index is -4.92. The van der Waals surface area contributed by atoms with E-state index in [1.54, 1.807) is 12.1 Å². The van der Waals surface area contributed by atoms with E-state index in [4.69, 9.17) is 0 Å². The van der Waals surface area contributed by atoms with E-state index >= 15 is 0 Å². The van der Waals surface area contributed by atoms with Crippen molar-refractivity contribution in [3.05, 3.63) is 77.6 Å². The lowest BCUT2D eigenvalue weighted by Crippen LogP contribution is -2.49. The van der Waals surface area contributed by atoms with Gasteiger partial charge in [-0.15, -0.1) is 0 Å². The largest absolute Gasteiger partial charge is 0.434 e. The molecule has 162 valence electrons. The van der Waals surface area contributed by atoms with Crippen molar-refractivity contribution in [3.8, 4) is 5.69 Å². The fourth-order valence-electron chi connectivity index (χ4n) is 3.57. The van der Waals surface area contributed by atoms with E-state index in [2.05, 4.69) is 5.10 Å². The first-order valence-electron chi connectivity index (χ1n) is 9.45. The van der Waals surface area contributed by atoms with Gasteiger partial charge in [-0.3, -0.25) is 4.79 Å². The Labute approximate surface area is 174 Å². The van der Waals surface area contributed by atoms with E-state index in [9.17, 15) is 26.7 Å². The van der Waals surface area contributed by atoms with Gasteiger partial charge < -0.3 is 9.80 Å². The lowest BCUT2D eigenvalue weighted by molar-refractivity contribution is -0.143. The van der Waals surface area contributed by atoms with Crippen LogP contribution in [0.15, 0.2) is 54.7 Å². The third-order valence-electron chi connectivity index (χ3n) is 5.11. The molecule has 0 radical (unpaired) electrons. The molecule has 0 bridgehead atoms. The number of halogens is 5. The lowest BCUT2D eigenvalue weighted by Gasteiger charge is -2.36. The number of rotatable bonds is 3. The Balaban J connectivity index is 1.58. The predicted octanol–water partition coefficient (Wildman–Crippen LogP) is 4.13. The molecule has 1 saturated heterocycles. The van der Waals surface area contributed by atoms with Gasteiger partial charge in [0.15, 0.2) is 5.69 Å². The van der Waals surface area contributed by atoms with Gasteiger partial charge in [-0.1, -0.05) is 12.1 Å². The number of amides is 1. The fourth-order valence-corrected chi connectivity index (χ4v) is 3.57. The Hall–Kier alpha value is -3.43. The highest BCUT2D eigenvalue weighted by atomic mass is 19.4. The van der Waals surface area contributed by atoms with E-state index in [-0.39, 0.29) is 18.9 Å². The van der Waals surface area contributed by atoms with Gasteiger partial charge in [0.1, 0.15) is 17.3 Å². The van der Waals surface area contributed by atoms with E-state index in [1.165, 1.54) is 29.2 Å². The highest BCUT2D eigenvalue weighted by Crippen LogP contribution is 2.35. The van der Waals surface area contributed by atoms with Crippen molar-refractivity contribution in [2.45, 2.75) is 6.18 Å². The van der Waals surface area contributed by atoms with E-state index in [1.807, 2.05) is 4.90 Å². The minimum absolute atomic E-state index is 0.179. The van der Waals surface area contributed by atoms with Crippen LogP contribution in [0.3, 0.4) is 0 Å². The topological polar surface area (TPSA) is 41.4 Å². The lowest BCUT2D eigenvalue weighted by atomic mass is 10.1. The van der Waals surface area contributed by atoms with Crippen LogP contribution in [0.2, 0.25) is 0 Å². The summed E-state index contributed by atoms with van der Waals surface area (Å²) in [5.74, 6) is -2.08. The van der Waals surface area contributed by atoms with Crippen molar-refractivity contribution >= 4 is 11.6 Å². The zero-order chi connectivity index (χ0) is 22.2. The smallest absolute Gasteiger partial charge is 0.368 e. The molecule has 0 spiro atoms. The van der Waals surface area contributed by atoms with Crippen molar-refractivity contribution in [2.24, 2.45) is 0 Å². The number of piperazine rings is 1. The highest BCUT2D eigenvalue weighted by molar-refractivity contribution is 5.95. The first kappa shape index (κ1) is 20.8. The molecule has 0 N–H and O–H groups in total. The van der Waals surface area contributed by atoms with Crippen LogP contribution in [0, 0.1) is 11.6 Å². The standard InChI is InChI=1S/C21H17F5N4O/c22-14-5-7-15(8-6-14)28-9-11-29(12-10-28)20(31)16-13-27-30(19(16)21(24,25)26)18-4-2-1-3-17(18)23/h1-8,13H,9-12H2. The number of carbonyl (C=O) groups excluding carboxylic acids is 1. The van der Waals surface area contributed by atoms with E-state index in [0.717, 1.165) is 24.0 Å². The second-order valence-corrected chi connectivity index (χ2v) is 7.02. The van der Waals surface area contributed by atoms with Gasteiger partial charge in [0, 0.05) is 31.9 Å². The molecule has 0 aliphatic carbocycles. The molecule has 2 aromatic carbocycles. The Kier molecular flexibility index (Phi) is 5.38. The summed E-state index contributed by atoms with van der Waals surface area (Å²) in [6.07, 6.45) is -4.09. The maximum Gasteiger partial charge on any atom is 0.434 e. The van der Waals surface area contributed by atoms with Crippen molar-refractivity contribution in [3.63, 3.8) is 0 Å². The minimum Gasteiger partial charge on any atom is -0.368 e. The summed E-state index contributed by atoms with van der Waals surface area (Å²) in [4.78, 5) is 16.1. The summed E-state index contributed by atoms with van der Waals surface area (Å²) in [5, 5.41) is 3.66. The molecule has 3 aromatic rings. The summed E-state index contributed by atoms with van der Waals surface area (Å²) < 4.78 is 69.0. The first-order valence-corrected chi connectivity index (χ1v) is 9.45. The van der Waals surface area contributed by atoms with Crippen molar-refractivity contribution in [1.29, 1.82) is 0 Å². The molecular weight excluding hydrogens is 419 g/mol. The molecule has 5 nitrogen and oxygen atoms in total. The SMILES string of the molecule is O=C(c1cnn(-c2ccccc2F)c1C(F)(F)F)N1CCN(c2ccc(F)cc2)CC1. The molecule has 4 rings (SSSR count). The number of para-hydroxylation sites is 1. The van der Waals surface area contributed by atoms with Crippen molar-refractivity contribution < 1.29 is 26.7 Å². The number of nitrogens with zero attached hydrogens (tertiary/aromatic N) is 4. The van der Waals surface area contributed by atoms with Crippen LogP contribution in [0.5, 0.6) is 0 Å². The van der Waals surface area contributed by atoms with Crippen LogP contribution in [0.4, 0.5) is 27.6 Å². The molecule has 0 unspecified atom stereocenters. The van der Waals surface area contributed by atoms with Gasteiger partial charge in [-0.05, 0) is 36.4 Å². The van der Waals surface area contributed by atoms with Gasteiger partial charge in [0.05, 0.1) is 11.8 Å². The van der Waals surface area contributed by atoms with E-state index in [0.29, 0.717) is 17.8 Å². The molecule has 1 amide bonds. The predicted molar refractivity (Wildman–Crippen MR) is 103 cm³/mol. The van der Waals surface area contributed by atoms with Crippen LogP contribution >= 0.6 is 0 Å². The van der Waals surface area contributed by atoms with Gasteiger partial charge in [-0.2, -0.15) is 18.3 Å². The second-order valence-electron chi connectivity index (χ2n) is 7.02. The zero-order valence-electron chi connectivity index (χ0n) is 16.1. The number of alkyl halides is 3. The average molecular weight is 436 g/mol. The van der Waals surface area contributed by atoms with Gasteiger partial charge >= 0.3 is 6.18 Å². The zero-order valence-corrected chi connectivity index (χ0v) is 16.1. The van der Waals surface area contributed by atoms with Gasteiger partial charge in [0.2, 0.25) is 0 Å². The molecule has 1 fully saturated rings. The number of hydrogen-bond acceptors (Lipinski definition) is 3. The number of hydrogen-bond donors (Lipinski definition) is 0. The quantitative estimate of drug-likeness (QED) is 0.580. The van der Waals surface area contributed by atoms with E-state index < -0.39 is 34.8 Å². The molecule has 31 heavy (non-hydrogen) atoms.